The first-order valence-corrected chi connectivity index (χ1v) is 9.93. The third kappa shape index (κ3) is 3.00. The molecule has 2 heterocycles. The molecular weight excluding hydrogens is 362 g/mol. The van der Waals surface area contributed by atoms with Crippen molar-refractivity contribution in [2.75, 3.05) is 6.54 Å². The number of nitrogens with zero attached hydrogens (tertiary/aromatic N) is 1. The summed E-state index contributed by atoms with van der Waals surface area (Å²) >= 11 is 0. The number of fused-ring (bicyclic) bond motifs is 2. The summed E-state index contributed by atoms with van der Waals surface area (Å²) in [4.78, 5) is 28.3. The summed E-state index contributed by atoms with van der Waals surface area (Å²) in [6.07, 6.45) is 1.68. The van der Waals surface area contributed by atoms with Crippen LogP contribution >= 0.6 is 0 Å². The van der Waals surface area contributed by atoms with Gasteiger partial charge in [-0.2, -0.15) is 0 Å². The zero-order valence-corrected chi connectivity index (χ0v) is 17.3. The Bertz CT molecular complexity index is 1190. The lowest BCUT2D eigenvalue weighted by molar-refractivity contribution is 0.0748. The van der Waals surface area contributed by atoms with Gasteiger partial charge >= 0.3 is 0 Å². The lowest BCUT2D eigenvalue weighted by Crippen LogP contribution is -2.29. The predicted molar refractivity (Wildman–Crippen MR) is 116 cm³/mol. The molecule has 4 nitrogen and oxygen atoms in total. The van der Waals surface area contributed by atoms with Crippen LogP contribution in [-0.2, 0) is 0 Å². The number of amides is 1. The van der Waals surface area contributed by atoms with Crippen LogP contribution in [0.15, 0.2) is 58.3 Å². The fourth-order valence-corrected chi connectivity index (χ4v) is 4.21. The summed E-state index contributed by atoms with van der Waals surface area (Å²) in [5.74, 6) is 0.289. The topological polar surface area (TPSA) is 50.5 Å². The average Bonchev–Trinajstić information content (AvgIpc) is 2.96. The van der Waals surface area contributed by atoms with Crippen molar-refractivity contribution in [3.63, 3.8) is 0 Å². The van der Waals surface area contributed by atoms with Gasteiger partial charge in [0.05, 0.1) is 17.0 Å². The molecule has 1 aliphatic rings. The van der Waals surface area contributed by atoms with Crippen LogP contribution in [-0.4, -0.2) is 17.4 Å². The van der Waals surface area contributed by atoms with Crippen LogP contribution in [0.25, 0.3) is 11.0 Å². The number of hydrogen-bond acceptors (Lipinski definition) is 3. The van der Waals surface area contributed by atoms with Crippen molar-refractivity contribution in [1.82, 2.24) is 4.90 Å². The number of carbonyl (C=O) groups is 1. The summed E-state index contributed by atoms with van der Waals surface area (Å²) in [5.41, 5.74) is 4.74. The molecule has 0 spiro atoms. The smallest absolute Gasteiger partial charge is 0.291 e. The Morgan fingerprint density at radius 2 is 1.83 bits per heavy atom. The second kappa shape index (κ2) is 7.03. The van der Waals surface area contributed by atoms with E-state index in [-0.39, 0.29) is 17.1 Å². The van der Waals surface area contributed by atoms with E-state index in [9.17, 15) is 9.59 Å². The fraction of sp³-hybridized carbons (Fsp3) is 0.280. The summed E-state index contributed by atoms with van der Waals surface area (Å²) in [6, 6.07) is 11.5. The predicted octanol–water partition coefficient (Wildman–Crippen LogP) is 5.26. The quantitative estimate of drug-likeness (QED) is 0.574. The number of hydrogen-bond donors (Lipinski definition) is 0. The minimum Gasteiger partial charge on any atom is -0.450 e. The summed E-state index contributed by atoms with van der Waals surface area (Å²) in [6.45, 7) is 12.3. The van der Waals surface area contributed by atoms with E-state index >= 15 is 0 Å². The lowest BCUT2D eigenvalue weighted by atomic mass is 9.95. The lowest BCUT2D eigenvalue weighted by Gasteiger charge is -2.24. The highest BCUT2D eigenvalue weighted by Gasteiger charge is 2.42. The average molecular weight is 387 g/mol. The van der Waals surface area contributed by atoms with Crippen LogP contribution in [0.1, 0.15) is 64.2 Å². The second-order valence-electron chi connectivity index (χ2n) is 8.10. The standard InChI is InChI=1S/C25H25NO3/c1-6-11-26-21(18-9-7-17(8-10-18)14(2)3)20-22(27)19-13-15(4)12-16(5)23(19)29-24(20)25(26)28/h6-10,12-14,21H,1,11H2,2-5H3. The van der Waals surface area contributed by atoms with Gasteiger partial charge in [0.2, 0.25) is 5.76 Å². The molecule has 0 bridgehead atoms. The maximum Gasteiger partial charge on any atom is 0.291 e. The molecule has 0 saturated heterocycles. The Labute approximate surface area is 170 Å². The Balaban J connectivity index is 1.99. The summed E-state index contributed by atoms with van der Waals surface area (Å²) < 4.78 is 6.05. The van der Waals surface area contributed by atoms with Crippen molar-refractivity contribution in [2.24, 2.45) is 0 Å². The molecule has 29 heavy (non-hydrogen) atoms. The van der Waals surface area contributed by atoms with E-state index in [1.807, 2.05) is 38.1 Å². The Hall–Kier alpha value is -3.14. The van der Waals surface area contributed by atoms with Crippen LogP contribution in [0.3, 0.4) is 0 Å². The minimum atomic E-state index is -0.474. The molecule has 4 rings (SSSR count). The van der Waals surface area contributed by atoms with Gasteiger partial charge in [-0.1, -0.05) is 50.3 Å². The molecule has 0 aliphatic carbocycles. The maximum atomic E-state index is 13.5. The van der Waals surface area contributed by atoms with Crippen LogP contribution in [0.4, 0.5) is 0 Å². The summed E-state index contributed by atoms with van der Waals surface area (Å²) in [7, 11) is 0. The highest BCUT2D eigenvalue weighted by molar-refractivity contribution is 5.99. The van der Waals surface area contributed by atoms with Gasteiger partial charge in [-0.15, -0.1) is 6.58 Å². The molecule has 4 heteroatoms. The molecular formula is C25H25NO3. The number of benzene rings is 2. The highest BCUT2D eigenvalue weighted by atomic mass is 16.3. The normalized spacial score (nSPS) is 16.0. The van der Waals surface area contributed by atoms with Gasteiger partial charge in [-0.25, -0.2) is 0 Å². The van der Waals surface area contributed by atoms with E-state index in [0.717, 1.165) is 16.7 Å². The molecule has 148 valence electrons. The number of rotatable bonds is 4. The van der Waals surface area contributed by atoms with E-state index < -0.39 is 6.04 Å². The molecule has 1 unspecified atom stereocenters. The van der Waals surface area contributed by atoms with Gasteiger partial charge in [-0.3, -0.25) is 9.59 Å². The molecule has 0 fully saturated rings. The van der Waals surface area contributed by atoms with E-state index in [1.165, 1.54) is 5.56 Å². The van der Waals surface area contributed by atoms with Gasteiger partial charge in [0, 0.05) is 6.54 Å². The van der Waals surface area contributed by atoms with Crippen LogP contribution < -0.4 is 5.43 Å². The minimum absolute atomic E-state index is 0.133. The molecule has 0 N–H and O–H groups in total. The van der Waals surface area contributed by atoms with Crippen molar-refractivity contribution in [3.05, 3.63) is 92.9 Å². The summed E-state index contributed by atoms with van der Waals surface area (Å²) in [5, 5.41) is 0.526. The third-order valence-corrected chi connectivity index (χ3v) is 5.64. The van der Waals surface area contributed by atoms with Gasteiger partial charge in [-0.05, 0) is 48.1 Å². The van der Waals surface area contributed by atoms with Crippen LogP contribution in [0.2, 0.25) is 0 Å². The molecule has 1 amide bonds. The zero-order chi connectivity index (χ0) is 20.9. The molecule has 1 aliphatic heterocycles. The van der Waals surface area contributed by atoms with Crippen molar-refractivity contribution in [2.45, 2.75) is 39.7 Å². The van der Waals surface area contributed by atoms with Crippen molar-refractivity contribution in [1.29, 1.82) is 0 Å². The monoisotopic (exact) mass is 387 g/mol. The zero-order valence-electron chi connectivity index (χ0n) is 17.3. The first kappa shape index (κ1) is 19.2. The van der Waals surface area contributed by atoms with Gasteiger partial charge < -0.3 is 9.32 Å². The maximum absolute atomic E-state index is 13.5. The largest absolute Gasteiger partial charge is 0.450 e. The Morgan fingerprint density at radius 1 is 1.14 bits per heavy atom. The van der Waals surface area contributed by atoms with E-state index in [0.29, 0.717) is 29.0 Å². The van der Waals surface area contributed by atoms with Gasteiger partial charge in [0.15, 0.2) is 5.43 Å². The van der Waals surface area contributed by atoms with Gasteiger partial charge in [0.25, 0.3) is 5.91 Å². The molecule has 1 aromatic heterocycles. The number of carbonyl (C=O) groups excluding carboxylic acids is 1. The molecule has 1 atom stereocenters. The van der Waals surface area contributed by atoms with Crippen molar-refractivity contribution in [3.8, 4) is 0 Å². The first-order chi connectivity index (χ1) is 13.8. The molecule has 0 radical (unpaired) electrons. The second-order valence-corrected chi connectivity index (χ2v) is 8.10. The van der Waals surface area contributed by atoms with Crippen LogP contribution in [0, 0.1) is 13.8 Å². The SMILES string of the molecule is C=CCN1C(=O)c2oc3c(C)cc(C)cc3c(=O)c2C1c1ccc(C(C)C)cc1. The molecule has 3 aromatic rings. The van der Waals surface area contributed by atoms with Gasteiger partial charge in [0.1, 0.15) is 5.58 Å². The van der Waals surface area contributed by atoms with Crippen molar-refractivity contribution >= 4 is 16.9 Å². The Kier molecular flexibility index (Phi) is 4.65. The van der Waals surface area contributed by atoms with E-state index in [4.69, 9.17) is 4.42 Å². The van der Waals surface area contributed by atoms with Crippen molar-refractivity contribution < 1.29 is 9.21 Å². The van der Waals surface area contributed by atoms with E-state index in [1.54, 1.807) is 11.0 Å². The molecule has 0 saturated carbocycles. The Morgan fingerprint density at radius 3 is 2.45 bits per heavy atom. The fourth-order valence-electron chi connectivity index (χ4n) is 4.21. The van der Waals surface area contributed by atoms with Crippen LogP contribution in [0.5, 0.6) is 0 Å². The number of aryl methyl sites for hydroxylation is 2. The first-order valence-electron chi connectivity index (χ1n) is 9.93. The highest BCUT2D eigenvalue weighted by Crippen LogP contribution is 2.38. The van der Waals surface area contributed by atoms with E-state index in [2.05, 4.69) is 32.6 Å². The third-order valence-electron chi connectivity index (χ3n) is 5.64. The molecule has 2 aromatic carbocycles.